The Morgan fingerprint density at radius 3 is 2.48 bits per heavy atom. The van der Waals surface area contributed by atoms with Crippen LogP contribution in [-0.4, -0.2) is 36.4 Å². The fourth-order valence-electron chi connectivity index (χ4n) is 2.25. The summed E-state index contributed by atoms with van der Waals surface area (Å²) in [7, 11) is 3.76. The lowest BCUT2D eigenvalue weighted by Crippen LogP contribution is -2.60. The Morgan fingerprint density at radius 2 is 2.05 bits per heavy atom. The Bertz CT molecular complexity index is 528. The van der Waals surface area contributed by atoms with Gasteiger partial charge < -0.3 is 16.0 Å². The van der Waals surface area contributed by atoms with E-state index in [9.17, 15) is 9.59 Å². The third kappa shape index (κ3) is 3.51. The van der Waals surface area contributed by atoms with Gasteiger partial charge in [0.1, 0.15) is 11.2 Å². The Kier molecular flexibility index (Phi) is 5.29. The van der Waals surface area contributed by atoms with E-state index in [0.717, 1.165) is 5.69 Å². The number of anilines is 1. The maximum Gasteiger partial charge on any atom is 0.270 e. The van der Waals surface area contributed by atoms with Gasteiger partial charge in [0.25, 0.3) is 5.91 Å². The van der Waals surface area contributed by atoms with Gasteiger partial charge in [0, 0.05) is 26.0 Å². The van der Waals surface area contributed by atoms with Crippen LogP contribution < -0.4 is 16.0 Å². The van der Waals surface area contributed by atoms with Crippen LogP contribution in [0.4, 0.5) is 5.69 Å². The number of nitrogens with two attached hydrogens (primary N) is 1. The van der Waals surface area contributed by atoms with Crippen LogP contribution in [0.3, 0.4) is 0 Å². The first kappa shape index (κ1) is 16.9. The third-order valence-corrected chi connectivity index (χ3v) is 3.81. The van der Waals surface area contributed by atoms with Crippen molar-refractivity contribution in [2.24, 2.45) is 11.7 Å². The molecule has 6 heteroatoms. The van der Waals surface area contributed by atoms with E-state index in [1.807, 2.05) is 39.8 Å². The van der Waals surface area contributed by atoms with Gasteiger partial charge in [0.2, 0.25) is 5.91 Å². The van der Waals surface area contributed by atoms with Crippen molar-refractivity contribution < 1.29 is 9.59 Å². The number of carbonyl (C=O) groups excluding carboxylic acids is 2. The third-order valence-electron chi connectivity index (χ3n) is 3.81. The summed E-state index contributed by atoms with van der Waals surface area (Å²) in [6.07, 6.45) is 2.00. The highest BCUT2D eigenvalue weighted by molar-refractivity contribution is 5.98. The molecule has 1 rings (SSSR count). The van der Waals surface area contributed by atoms with Crippen LogP contribution in [0.15, 0.2) is 18.3 Å². The molecule has 21 heavy (non-hydrogen) atoms. The number of primary amides is 1. The molecule has 0 aliphatic rings. The Hall–Kier alpha value is -2.11. The van der Waals surface area contributed by atoms with Crippen LogP contribution in [0.1, 0.15) is 37.7 Å². The summed E-state index contributed by atoms with van der Waals surface area (Å²) in [6.45, 7) is 5.55. The number of aromatic nitrogens is 1. The summed E-state index contributed by atoms with van der Waals surface area (Å²) in [6, 6.07) is 3.48. The van der Waals surface area contributed by atoms with E-state index in [-0.39, 0.29) is 11.6 Å². The number of hydrogen-bond donors (Lipinski definition) is 2. The molecule has 116 valence electrons. The average Bonchev–Trinajstić information content (AvgIpc) is 2.43. The molecule has 0 saturated carbocycles. The molecule has 3 N–H and O–H groups in total. The number of amides is 2. The van der Waals surface area contributed by atoms with E-state index >= 15 is 0 Å². The van der Waals surface area contributed by atoms with Crippen molar-refractivity contribution in [3.05, 3.63) is 24.0 Å². The number of nitrogens with zero attached hydrogens (tertiary/aromatic N) is 2. The normalized spacial score (nSPS) is 13.6. The van der Waals surface area contributed by atoms with Gasteiger partial charge in [-0.05, 0) is 24.5 Å². The van der Waals surface area contributed by atoms with Gasteiger partial charge in [-0.15, -0.1) is 0 Å². The van der Waals surface area contributed by atoms with Crippen molar-refractivity contribution in [1.82, 2.24) is 10.3 Å². The van der Waals surface area contributed by atoms with Crippen LogP contribution in [0.25, 0.3) is 0 Å². The number of nitrogens with one attached hydrogen (secondary N) is 1. The lowest BCUT2D eigenvalue weighted by atomic mass is 9.83. The van der Waals surface area contributed by atoms with Crippen LogP contribution in [0.2, 0.25) is 0 Å². The maximum absolute atomic E-state index is 12.4. The Morgan fingerprint density at radius 1 is 1.43 bits per heavy atom. The molecule has 1 heterocycles. The number of rotatable bonds is 6. The SMILES string of the molecule is CC[C@](NC(=O)c1cc(N(C)C)ccn1)(C(N)=O)C(C)C. The van der Waals surface area contributed by atoms with E-state index in [0.29, 0.717) is 6.42 Å². The second-order valence-electron chi connectivity index (χ2n) is 5.59. The van der Waals surface area contributed by atoms with Crippen molar-refractivity contribution in [2.75, 3.05) is 19.0 Å². The van der Waals surface area contributed by atoms with Crippen LogP contribution in [-0.2, 0) is 4.79 Å². The molecule has 0 aromatic carbocycles. The lowest BCUT2D eigenvalue weighted by molar-refractivity contribution is -0.126. The van der Waals surface area contributed by atoms with Crippen molar-refractivity contribution in [3.63, 3.8) is 0 Å². The Labute approximate surface area is 125 Å². The molecule has 0 saturated heterocycles. The van der Waals surface area contributed by atoms with Gasteiger partial charge in [-0.25, -0.2) is 0 Å². The topological polar surface area (TPSA) is 88.3 Å². The molecule has 2 amide bonds. The molecular formula is C15H24N4O2. The van der Waals surface area contributed by atoms with E-state index in [4.69, 9.17) is 5.73 Å². The molecule has 1 aromatic rings. The van der Waals surface area contributed by atoms with Crippen molar-refractivity contribution >= 4 is 17.5 Å². The largest absolute Gasteiger partial charge is 0.378 e. The maximum atomic E-state index is 12.4. The van der Waals surface area contributed by atoms with Gasteiger partial charge >= 0.3 is 0 Å². The van der Waals surface area contributed by atoms with Crippen molar-refractivity contribution in [1.29, 1.82) is 0 Å². The highest BCUT2D eigenvalue weighted by atomic mass is 16.2. The summed E-state index contributed by atoms with van der Waals surface area (Å²) in [4.78, 5) is 30.2. The Balaban J connectivity index is 3.08. The highest BCUT2D eigenvalue weighted by Crippen LogP contribution is 2.22. The molecule has 0 spiro atoms. The predicted molar refractivity (Wildman–Crippen MR) is 83.1 cm³/mol. The van der Waals surface area contributed by atoms with E-state index in [1.165, 1.54) is 0 Å². The summed E-state index contributed by atoms with van der Waals surface area (Å²) in [5, 5.41) is 2.77. The summed E-state index contributed by atoms with van der Waals surface area (Å²) >= 11 is 0. The van der Waals surface area contributed by atoms with Crippen molar-refractivity contribution in [2.45, 2.75) is 32.7 Å². The molecule has 6 nitrogen and oxygen atoms in total. The standard InChI is InChI=1S/C15H24N4O2/c1-6-15(10(2)3,14(16)21)18-13(20)12-9-11(19(4)5)7-8-17-12/h7-10H,6H2,1-5H3,(H2,16,21)(H,18,20)/t15-/m1/s1. The molecule has 1 atom stereocenters. The highest BCUT2D eigenvalue weighted by Gasteiger charge is 2.40. The zero-order chi connectivity index (χ0) is 16.2. The fourth-order valence-corrected chi connectivity index (χ4v) is 2.25. The molecule has 1 aromatic heterocycles. The number of carbonyl (C=O) groups is 2. The first-order valence-corrected chi connectivity index (χ1v) is 7.00. The second-order valence-corrected chi connectivity index (χ2v) is 5.59. The van der Waals surface area contributed by atoms with Gasteiger partial charge in [-0.1, -0.05) is 20.8 Å². The molecule has 0 fully saturated rings. The smallest absolute Gasteiger partial charge is 0.270 e. The number of hydrogen-bond acceptors (Lipinski definition) is 4. The minimum absolute atomic E-state index is 0.110. The lowest BCUT2D eigenvalue weighted by Gasteiger charge is -2.34. The zero-order valence-electron chi connectivity index (χ0n) is 13.3. The van der Waals surface area contributed by atoms with Gasteiger partial charge in [-0.3, -0.25) is 14.6 Å². The first-order valence-electron chi connectivity index (χ1n) is 7.00. The first-order chi connectivity index (χ1) is 9.74. The quantitative estimate of drug-likeness (QED) is 0.823. The number of pyridine rings is 1. The van der Waals surface area contributed by atoms with Crippen LogP contribution >= 0.6 is 0 Å². The fraction of sp³-hybridized carbons (Fsp3) is 0.533. The summed E-state index contributed by atoms with van der Waals surface area (Å²) < 4.78 is 0. The van der Waals surface area contributed by atoms with E-state index in [2.05, 4.69) is 10.3 Å². The zero-order valence-corrected chi connectivity index (χ0v) is 13.3. The molecule has 0 aliphatic heterocycles. The van der Waals surface area contributed by atoms with Gasteiger partial charge in [0.15, 0.2) is 0 Å². The summed E-state index contributed by atoms with van der Waals surface area (Å²) in [5.74, 6) is -1.04. The van der Waals surface area contributed by atoms with E-state index in [1.54, 1.807) is 18.3 Å². The molecule has 0 aliphatic carbocycles. The molecule has 0 unspecified atom stereocenters. The van der Waals surface area contributed by atoms with Gasteiger partial charge in [-0.2, -0.15) is 0 Å². The monoisotopic (exact) mass is 292 g/mol. The van der Waals surface area contributed by atoms with Crippen LogP contribution in [0.5, 0.6) is 0 Å². The van der Waals surface area contributed by atoms with Gasteiger partial charge in [0.05, 0.1) is 0 Å². The second kappa shape index (κ2) is 6.56. The average molecular weight is 292 g/mol. The van der Waals surface area contributed by atoms with E-state index < -0.39 is 17.4 Å². The van der Waals surface area contributed by atoms with Crippen molar-refractivity contribution in [3.8, 4) is 0 Å². The minimum atomic E-state index is -1.06. The van der Waals surface area contributed by atoms with Crippen LogP contribution in [0, 0.1) is 5.92 Å². The molecular weight excluding hydrogens is 268 g/mol. The summed E-state index contributed by atoms with van der Waals surface area (Å²) in [5.41, 5.74) is 5.57. The molecule has 0 radical (unpaired) electrons. The predicted octanol–water partition coefficient (Wildman–Crippen LogP) is 1.17. The minimum Gasteiger partial charge on any atom is -0.378 e. The molecule has 0 bridgehead atoms.